The molecular formula is C27H40F3N9O. The molecule has 1 unspecified atom stereocenters. The normalized spacial score (nSPS) is 15.5. The highest BCUT2D eigenvalue weighted by molar-refractivity contribution is 5.85. The Kier molecular flexibility index (Phi) is 9.90. The molecule has 1 saturated heterocycles. The summed E-state index contributed by atoms with van der Waals surface area (Å²) in [6.07, 6.45) is 0.800. The van der Waals surface area contributed by atoms with Gasteiger partial charge in [-0.2, -0.15) is 23.3 Å². The largest absolute Gasteiger partial charge is 0.496 e. The number of piperazine rings is 1. The number of nitrogen functional groups attached to an aromatic ring is 1. The fourth-order valence-corrected chi connectivity index (χ4v) is 5.13. The number of fused-ring (bicyclic) bond motifs is 1. The third-order valence-electron chi connectivity index (χ3n) is 7.28. The smallest absolute Gasteiger partial charge is 0.404 e. The molecule has 1 aliphatic rings. The van der Waals surface area contributed by atoms with Gasteiger partial charge in [0.05, 0.1) is 19.9 Å². The zero-order valence-electron chi connectivity index (χ0n) is 23.3. The van der Waals surface area contributed by atoms with Crippen LogP contribution in [0.1, 0.15) is 44.6 Å². The van der Waals surface area contributed by atoms with E-state index in [9.17, 15) is 13.2 Å². The van der Waals surface area contributed by atoms with E-state index in [1.54, 1.807) is 16.7 Å². The van der Waals surface area contributed by atoms with Gasteiger partial charge in [0, 0.05) is 50.0 Å². The summed E-state index contributed by atoms with van der Waals surface area (Å²) in [7, 11) is 1.61. The minimum absolute atomic E-state index is 0.0835. The average molecular weight is 564 g/mol. The third kappa shape index (κ3) is 7.25. The molecule has 0 radical (unpaired) electrons. The summed E-state index contributed by atoms with van der Waals surface area (Å²) in [6, 6.07) is 4.46. The van der Waals surface area contributed by atoms with Gasteiger partial charge in [0.25, 0.3) is 0 Å². The molecule has 5 N–H and O–H groups in total. The first-order valence-electron chi connectivity index (χ1n) is 13.9. The molecule has 1 fully saturated rings. The Morgan fingerprint density at radius 3 is 2.55 bits per heavy atom. The number of benzene rings is 1. The minimum Gasteiger partial charge on any atom is -0.496 e. The number of nitrogens with two attached hydrogens (primary N) is 2. The Hall–Kier alpha value is -3.32. The summed E-state index contributed by atoms with van der Waals surface area (Å²) in [4.78, 5) is 12.3. The van der Waals surface area contributed by atoms with E-state index in [-0.39, 0.29) is 12.4 Å². The number of ether oxygens (including phenoxy) is 1. The zero-order chi connectivity index (χ0) is 28.7. The predicted molar refractivity (Wildman–Crippen MR) is 152 cm³/mol. The monoisotopic (exact) mass is 563 g/mol. The molecular weight excluding hydrogens is 523 g/mol. The second-order valence-electron chi connectivity index (χ2n) is 10.1. The van der Waals surface area contributed by atoms with Crippen LogP contribution in [0, 0.1) is 0 Å². The second kappa shape index (κ2) is 13.4. The predicted octanol–water partition coefficient (Wildman–Crippen LogP) is 3.86. The summed E-state index contributed by atoms with van der Waals surface area (Å²) >= 11 is 0. The van der Waals surface area contributed by atoms with E-state index in [0.29, 0.717) is 74.7 Å². The highest BCUT2D eigenvalue weighted by atomic mass is 19.4. The third-order valence-corrected chi connectivity index (χ3v) is 7.28. The van der Waals surface area contributed by atoms with Crippen molar-refractivity contribution in [2.24, 2.45) is 5.73 Å². The number of unbranched alkanes of at least 4 members (excludes halogenated alkanes) is 2. The van der Waals surface area contributed by atoms with Gasteiger partial charge in [-0.15, -0.1) is 0 Å². The lowest BCUT2D eigenvalue weighted by atomic mass is 10.1. The van der Waals surface area contributed by atoms with Crippen LogP contribution < -0.4 is 26.4 Å². The van der Waals surface area contributed by atoms with Crippen LogP contribution >= 0.6 is 0 Å². The number of hydrogen-bond donors (Lipinski definition) is 3. The minimum atomic E-state index is -4.25. The molecule has 1 aliphatic heterocycles. The molecule has 1 atom stereocenters. The molecule has 0 saturated carbocycles. The van der Waals surface area contributed by atoms with Crippen LogP contribution in [-0.4, -0.2) is 83.2 Å². The number of methoxy groups -OCH3 is 1. The number of hydrogen-bond acceptors (Lipinski definition) is 9. The summed E-state index contributed by atoms with van der Waals surface area (Å²) < 4.78 is 48.7. The van der Waals surface area contributed by atoms with E-state index in [0.717, 1.165) is 30.6 Å². The molecule has 0 bridgehead atoms. The standard InChI is InChI=1S/C27H40F3N9O/c1-3-4-11-33-25-24-21(34-26(32)35-25)18-39(36-24)17-19-8-9-20(16-22(19)40-2)37-12-14-38(15-13-37)23(27(28,29)30)7-5-6-10-31/h8-9,16,18,23H,3-7,10-15,17,31H2,1-2H3,(H3,32,33,34,35). The molecule has 1 aromatic carbocycles. The topological polar surface area (TPSA) is 123 Å². The average Bonchev–Trinajstić information content (AvgIpc) is 3.33. The molecule has 13 heteroatoms. The first kappa shape index (κ1) is 29.7. The van der Waals surface area contributed by atoms with E-state index in [4.69, 9.17) is 16.2 Å². The van der Waals surface area contributed by atoms with Gasteiger partial charge in [-0.3, -0.25) is 9.58 Å². The van der Waals surface area contributed by atoms with Crippen LogP contribution in [0.15, 0.2) is 24.4 Å². The molecule has 220 valence electrons. The highest BCUT2D eigenvalue weighted by Crippen LogP contribution is 2.32. The number of nitrogens with zero attached hydrogens (tertiary/aromatic N) is 6. The van der Waals surface area contributed by atoms with Crippen molar-refractivity contribution in [1.29, 1.82) is 0 Å². The SMILES string of the molecule is CCCCNc1nc(N)nc2cn(Cc3ccc(N4CCN(C(CCCCN)C(F)(F)F)CC4)cc3OC)nc12. The lowest BCUT2D eigenvalue weighted by molar-refractivity contribution is -0.186. The number of anilines is 3. The second-order valence-corrected chi connectivity index (χ2v) is 10.1. The van der Waals surface area contributed by atoms with Crippen molar-refractivity contribution < 1.29 is 17.9 Å². The fourth-order valence-electron chi connectivity index (χ4n) is 5.13. The Morgan fingerprint density at radius 1 is 1.10 bits per heavy atom. The van der Waals surface area contributed by atoms with E-state index >= 15 is 0 Å². The lowest BCUT2D eigenvalue weighted by Crippen LogP contribution is -2.54. The first-order valence-corrected chi connectivity index (χ1v) is 13.9. The highest BCUT2D eigenvalue weighted by Gasteiger charge is 2.43. The van der Waals surface area contributed by atoms with Crippen LogP contribution in [-0.2, 0) is 6.54 Å². The molecule has 2 aromatic heterocycles. The number of halogens is 3. The maximum atomic E-state index is 13.7. The fraction of sp³-hybridized carbons (Fsp3) is 0.593. The number of rotatable bonds is 13. The summed E-state index contributed by atoms with van der Waals surface area (Å²) in [5.41, 5.74) is 14.5. The number of nitrogens with one attached hydrogen (secondary N) is 1. The van der Waals surface area contributed by atoms with Crippen molar-refractivity contribution in [2.75, 3.05) is 62.3 Å². The van der Waals surface area contributed by atoms with Crippen molar-refractivity contribution in [3.05, 3.63) is 30.0 Å². The van der Waals surface area contributed by atoms with Gasteiger partial charge in [-0.25, -0.2) is 4.98 Å². The van der Waals surface area contributed by atoms with Gasteiger partial charge < -0.3 is 26.4 Å². The first-order chi connectivity index (χ1) is 19.2. The van der Waals surface area contributed by atoms with Gasteiger partial charge in [-0.05, 0) is 31.9 Å². The molecule has 0 spiro atoms. The number of alkyl halides is 3. The molecule has 40 heavy (non-hydrogen) atoms. The number of aromatic nitrogens is 4. The van der Waals surface area contributed by atoms with Crippen LogP contribution in [0.5, 0.6) is 5.75 Å². The maximum absolute atomic E-state index is 13.7. The Balaban J connectivity index is 1.44. The summed E-state index contributed by atoms with van der Waals surface area (Å²) in [5.74, 6) is 1.48. The van der Waals surface area contributed by atoms with Crippen molar-refractivity contribution >= 4 is 28.5 Å². The molecule has 3 heterocycles. The Bertz CT molecular complexity index is 1240. The van der Waals surface area contributed by atoms with Crippen LogP contribution in [0.2, 0.25) is 0 Å². The van der Waals surface area contributed by atoms with Crippen molar-refractivity contribution in [2.45, 2.75) is 57.8 Å². The van der Waals surface area contributed by atoms with E-state index in [2.05, 4.69) is 32.2 Å². The summed E-state index contributed by atoms with van der Waals surface area (Å²) in [5, 5.41) is 7.99. The van der Waals surface area contributed by atoms with Gasteiger partial charge in [-0.1, -0.05) is 25.8 Å². The Labute approximate surface area is 232 Å². The van der Waals surface area contributed by atoms with Crippen molar-refractivity contribution in [3.8, 4) is 5.75 Å². The lowest BCUT2D eigenvalue weighted by Gasteiger charge is -2.41. The van der Waals surface area contributed by atoms with Crippen LogP contribution in [0.25, 0.3) is 11.0 Å². The molecule has 0 aliphatic carbocycles. The van der Waals surface area contributed by atoms with Gasteiger partial charge in [0.2, 0.25) is 5.95 Å². The molecule has 0 amide bonds. The zero-order valence-corrected chi connectivity index (χ0v) is 23.3. The van der Waals surface area contributed by atoms with Crippen molar-refractivity contribution in [1.82, 2.24) is 24.6 Å². The molecule has 10 nitrogen and oxygen atoms in total. The van der Waals surface area contributed by atoms with E-state index in [1.165, 1.54) is 0 Å². The van der Waals surface area contributed by atoms with E-state index < -0.39 is 12.2 Å². The quantitative estimate of drug-likeness (QED) is 0.266. The van der Waals surface area contributed by atoms with Gasteiger partial charge >= 0.3 is 6.18 Å². The van der Waals surface area contributed by atoms with Crippen LogP contribution in [0.3, 0.4) is 0 Å². The molecule has 3 aromatic rings. The molecule has 4 rings (SSSR count). The summed E-state index contributed by atoms with van der Waals surface area (Å²) in [6.45, 7) is 5.43. The van der Waals surface area contributed by atoms with Gasteiger partial charge in [0.1, 0.15) is 17.3 Å². The van der Waals surface area contributed by atoms with Crippen LogP contribution in [0.4, 0.5) is 30.6 Å². The van der Waals surface area contributed by atoms with Gasteiger partial charge in [0.15, 0.2) is 11.3 Å². The van der Waals surface area contributed by atoms with E-state index in [1.807, 2.05) is 24.4 Å². The maximum Gasteiger partial charge on any atom is 0.404 e. The Morgan fingerprint density at radius 2 is 1.88 bits per heavy atom. The van der Waals surface area contributed by atoms with Crippen molar-refractivity contribution in [3.63, 3.8) is 0 Å².